The molecule has 3 nitrogen and oxygen atoms in total. The molecule has 0 N–H and O–H groups in total. The molecule has 0 aromatic heterocycles. The lowest BCUT2D eigenvalue weighted by Crippen LogP contribution is -2.09. The second-order valence-corrected chi connectivity index (χ2v) is 2.53. The van der Waals surface area contributed by atoms with Crippen LogP contribution in [0.2, 0.25) is 0 Å². The lowest BCUT2D eigenvalue weighted by molar-refractivity contribution is -0.138. The Bertz CT molecular complexity index is 226. The van der Waals surface area contributed by atoms with Crippen LogP contribution in [0.25, 0.3) is 0 Å². The van der Waals surface area contributed by atoms with E-state index in [1.54, 1.807) is 20.8 Å². The van der Waals surface area contributed by atoms with Gasteiger partial charge in [0.1, 0.15) is 0 Å². The van der Waals surface area contributed by atoms with Gasteiger partial charge in [-0.2, -0.15) is 0 Å². The quantitative estimate of drug-likeness (QED) is 0.476. The van der Waals surface area contributed by atoms with Crippen molar-refractivity contribution in [1.29, 1.82) is 0 Å². The summed E-state index contributed by atoms with van der Waals surface area (Å²) in [7, 11) is 0. The van der Waals surface area contributed by atoms with E-state index in [9.17, 15) is 9.59 Å². The van der Waals surface area contributed by atoms with E-state index in [0.29, 0.717) is 17.8 Å². The molecule has 0 saturated heterocycles. The summed E-state index contributed by atoms with van der Waals surface area (Å²) in [5.41, 5.74) is 0.859. The minimum atomic E-state index is -0.412. The number of esters is 1. The minimum absolute atomic E-state index is 0.0967. The molecule has 68 valence electrons. The number of ether oxygens (including phenoxy) is 1. The van der Waals surface area contributed by atoms with Gasteiger partial charge in [0.05, 0.1) is 6.61 Å². The molecule has 0 saturated carbocycles. The Kier molecular flexibility index (Phi) is 4.26. The molecule has 0 aliphatic rings. The van der Waals surface area contributed by atoms with Gasteiger partial charge in [-0.25, -0.2) is 4.79 Å². The molecule has 0 fully saturated rings. The molecular formula is C9H14O3. The van der Waals surface area contributed by atoms with Crippen LogP contribution in [-0.4, -0.2) is 18.4 Å². The van der Waals surface area contributed by atoms with Crippen molar-refractivity contribution in [3.8, 4) is 0 Å². The first kappa shape index (κ1) is 10.9. The molecule has 3 heteroatoms. The zero-order valence-electron chi connectivity index (χ0n) is 7.93. The average molecular weight is 170 g/mol. The van der Waals surface area contributed by atoms with Crippen molar-refractivity contribution in [3.63, 3.8) is 0 Å². The maximum Gasteiger partial charge on any atom is 0.334 e. The Morgan fingerprint density at radius 2 is 1.58 bits per heavy atom. The number of carbonyl (C=O) groups is 2. The predicted molar refractivity (Wildman–Crippen MR) is 45.7 cm³/mol. The first-order valence-electron chi connectivity index (χ1n) is 3.86. The molecule has 0 amide bonds. The average Bonchev–Trinajstić information content (AvgIpc) is 2.02. The number of carbonyl (C=O) groups excluding carboxylic acids is 2. The molecule has 12 heavy (non-hydrogen) atoms. The zero-order valence-corrected chi connectivity index (χ0v) is 7.93. The van der Waals surface area contributed by atoms with Crippen molar-refractivity contribution in [2.24, 2.45) is 0 Å². The van der Waals surface area contributed by atoms with Crippen LogP contribution in [0.15, 0.2) is 11.1 Å². The summed E-state index contributed by atoms with van der Waals surface area (Å²) in [4.78, 5) is 21.9. The summed E-state index contributed by atoms with van der Waals surface area (Å²) < 4.78 is 4.73. The number of rotatable bonds is 3. The highest BCUT2D eigenvalue weighted by atomic mass is 16.5. The number of hydrogen-bond donors (Lipinski definition) is 0. The Labute approximate surface area is 72.4 Å². The number of Topliss-reactive ketones (excluding diaryl/α,β-unsaturated/α-hetero) is 1. The third-order valence-electron chi connectivity index (χ3n) is 1.67. The molecule has 0 unspecified atom stereocenters. The Hall–Kier alpha value is -1.12. The normalized spacial score (nSPS) is 12.0. The van der Waals surface area contributed by atoms with Gasteiger partial charge in [0.2, 0.25) is 0 Å². The lowest BCUT2D eigenvalue weighted by Gasteiger charge is -2.03. The van der Waals surface area contributed by atoms with Crippen molar-refractivity contribution >= 4 is 11.8 Å². The van der Waals surface area contributed by atoms with E-state index in [0.717, 1.165) is 0 Å². The summed E-state index contributed by atoms with van der Waals surface area (Å²) >= 11 is 0. The van der Waals surface area contributed by atoms with E-state index in [1.807, 2.05) is 0 Å². The SMILES string of the molecule is CCOC(=O)/C(C)=C(/C)C(C)=O. The standard InChI is InChI=1S/C9H14O3/c1-5-12-9(11)7(3)6(2)8(4)10/h5H2,1-4H3/b7-6-. The van der Waals surface area contributed by atoms with Gasteiger partial charge in [0, 0.05) is 11.1 Å². The van der Waals surface area contributed by atoms with E-state index in [1.165, 1.54) is 6.92 Å². The fourth-order valence-electron chi connectivity index (χ4n) is 0.656. The second-order valence-electron chi connectivity index (χ2n) is 2.53. The Morgan fingerprint density at radius 3 is 1.92 bits per heavy atom. The molecule has 0 rings (SSSR count). The lowest BCUT2D eigenvalue weighted by atomic mass is 10.1. The highest BCUT2D eigenvalue weighted by molar-refractivity contribution is 6.01. The molecule has 0 radical (unpaired) electrons. The van der Waals surface area contributed by atoms with Crippen molar-refractivity contribution in [1.82, 2.24) is 0 Å². The molecule has 0 aliphatic carbocycles. The van der Waals surface area contributed by atoms with Crippen molar-refractivity contribution in [2.45, 2.75) is 27.7 Å². The van der Waals surface area contributed by atoms with Gasteiger partial charge < -0.3 is 4.74 Å². The van der Waals surface area contributed by atoms with E-state index < -0.39 is 5.97 Å². The van der Waals surface area contributed by atoms with Crippen molar-refractivity contribution < 1.29 is 14.3 Å². The van der Waals surface area contributed by atoms with E-state index in [-0.39, 0.29) is 5.78 Å². The predicted octanol–water partition coefficient (Wildman–Crippen LogP) is 1.47. The van der Waals surface area contributed by atoms with Crippen molar-refractivity contribution in [2.75, 3.05) is 6.61 Å². The third kappa shape index (κ3) is 2.86. The first-order chi connectivity index (χ1) is 5.50. The van der Waals surface area contributed by atoms with Gasteiger partial charge in [0.25, 0.3) is 0 Å². The van der Waals surface area contributed by atoms with E-state index in [4.69, 9.17) is 4.74 Å². The van der Waals surface area contributed by atoms with Gasteiger partial charge in [-0.3, -0.25) is 4.79 Å². The van der Waals surface area contributed by atoms with Crippen LogP contribution < -0.4 is 0 Å². The fourth-order valence-corrected chi connectivity index (χ4v) is 0.656. The van der Waals surface area contributed by atoms with Crippen molar-refractivity contribution in [3.05, 3.63) is 11.1 Å². The smallest absolute Gasteiger partial charge is 0.334 e. The van der Waals surface area contributed by atoms with Gasteiger partial charge >= 0.3 is 5.97 Å². The largest absolute Gasteiger partial charge is 0.463 e. The molecule has 0 aromatic rings. The molecule has 0 aromatic carbocycles. The number of allylic oxidation sites excluding steroid dienone is 1. The fraction of sp³-hybridized carbons (Fsp3) is 0.556. The summed E-state index contributed by atoms with van der Waals surface area (Å²) in [6.45, 7) is 6.71. The van der Waals surface area contributed by atoms with Crippen LogP contribution >= 0.6 is 0 Å². The number of hydrogen-bond acceptors (Lipinski definition) is 3. The van der Waals surface area contributed by atoms with Crippen LogP contribution in [0.5, 0.6) is 0 Å². The Morgan fingerprint density at radius 1 is 1.08 bits per heavy atom. The second kappa shape index (κ2) is 4.70. The highest BCUT2D eigenvalue weighted by Crippen LogP contribution is 2.06. The maximum absolute atomic E-state index is 11.1. The summed E-state index contributed by atoms with van der Waals surface area (Å²) in [6.07, 6.45) is 0. The molecule has 0 bridgehead atoms. The minimum Gasteiger partial charge on any atom is -0.463 e. The van der Waals surface area contributed by atoms with Crippen LogP contribution in [0.1, 0.15) is 27.7 Å². The molecule has 0 aliphatic heterocycles. The molecule has 0 atom stereocenters. The van der Waals surface area contributed by atoms with Gasteiger partial charge in [-0.05, 0) is 27.7 Å². The van der Waals surface area contributed by atoms with Gasteiger partial charge in [-0.15, -0.1) is 0 Å². The third-order valence-corrected chi connectivity index (χ3v) is 1.67. The van der Waals surface area contributed by atoms with Crippen LogP contribution in [0, 0.1) is 0 Å². The first-order valence-corrected chi connectivity index (χ1v) is 3.86. The van der Waals surface area contributed by atoms with Crippen LogP contribution in [-0.2, 0) is 14.3 Å². The Balaban J connectivity index is 4.55. The topological polar surface area (TPSA) is 43.4 Å². The molecular weight excluding hydrogens is 156 g/mol. The summed E-state index contributed by atoms with van der Waals surface area (Å²) in [6, 6.07) is 0. The van der Waals surface area contributed by atoms with E-state index in [2.05, 4.69) is 0 Å². The van der Waals surface area contributed by atoms with Crippen LogP contribution in [0.4, 0.5) is 0 Å². The van der Waals surface area contributed by atoms with Gasteiger partial charge in [-0.1, -0.05) is 0 Å². The van der Waals surface area contributed by atoms with Gasteiger partial charge in [0.15, 0.2) is 5.78 Å². The summed E-state index contributed by atoms with van der Waals surface area (Å²) in [5.74, 6) is -0.509. The number of ketones is 1. The van der Waals surface area contributed by atoms with Crippen LogP contribution in [0.3, 0.4) is 0 Å². The zero-order chi connectivity index (χ0) is 9.72. The summed E-state index contributed by atoms with van der Waals surface area (Å²) in [5, 5.41) is 0. The highest BCUT2D eigenvalue weighted by Gasteiger charge is 2.10. The monoisotopic (exact) mass is 170 g/mol. The molecule has 0 heterocycles. The maximum atomic E-state index is 11.1. The van der Waals surface area contributed by atoms with E-state index >= 15 is 0 Å². The molecule has 0 spiro atoms.